The number of hydrogen-bond donors (Lipinski definition) is 1. The summed E-state index contributed by atoms with van der Waals surface area (Å²) in [5.74, 6) is 0.565. The number of benzene rings is 1. The predicted octanol–water partition coefficient (Wildman–Crippen LogP) is 2.91. The van der Waals surface area contributed by atoms with Gasteiger partial charge in [-0.25, -0.2) is 0 Å². The molecule has 0 radical (unpaired) electrons. The van der Waals surface area contributed by atoms with E-state index in [1.165, 1.54) is 12.1 Å². The van der Waals surface area contributed by atoms with E-state index < -0.39 is 4.92 Å². The van der Waals surface area contributed by atoms with Gasteiger partial charge in [0.1, 0.15) is 0 Å². The maximum absolute atomic E-state index is 10.4. The van der Waals surface area contributed by atoms with Gasteiger partial charge in [-0.1, -0.05) is 0 Å². The molecule has 2 aromatic rings. The summed E-state index contributed by atoms with van der Waals surface area (Å²) in [5.41, 5.74) is 0.792. The Morgan fingerprint density at radius 3 is 2.47 bits per heavy atom. The standard InChI is InChI=1S/C9H6N2O3S/c12-11(13)7-3-1-6(2-4-7)8-5-10-9(15)14-8/h1-5H,(H,10,15). The molecule has 15 heavy (non-hydrogen) atoms. The Balaban J connectivity index is 2.39. The predicted molar refractivity (Wildman–Crippen MR) is 56.0 cm³/mol. The van der Waals surface area contributed by atoms with Gasteiger partial charge in [-0.3, -0.25) is 10.1 Å². The summed E-state index contributed by atoms with van der Waals surface area (Å²) in [5, 5.41) is 10.4. The molecule has 0 aliphatic heterocycles. The number of non-ortho nitro benzene ring substituents is 1. The molecule has 0 saturated heterocycles. The molecule has 5 nitrogen and oxygen atoms in total. The lowest BCUT2D eigenvalue weighted by Gasteiger charge is -1.94. The van der Waals surface area contributed by atoms with Gasteiger partial charge in [0.05, 0.1) is 4.92 Å². The third-order valence-corrected chi connectivity index (χ3v) is 2.09. The van der Waals surface area contributed by atoms with Crippen molar-refractivity contribution in [3.05, 3.63) is 45.4 Å². The summed E-state index contributed by atoms with van der Waals surface area (Å²) in [6.45, 7) is 0. The molecule has 0 amide bonds. The smallest absolute Gasteiger partial charge is 0.269 e. The van der Waals surface area contributed by atoms with Gasteiger partial charge in [-0.2, -0.15) is 0 Å². The molecule has 6 heteroatoms. The lowest BCUT2D eigenvalue weighted by molar-refractivity contribution is -0.384. The van der Waals surface area contributed by atoms with Crippen molar-refractivity contribution in [3.8, 4) is 11.3 Å². The van der Waals surface area contributed by atoms with E-state index in [1.807, 2.05) is 0 Å². The molecule has 0 bridgehead atoms. The number of nitro groups is 1. The fourth-order valence-electron chi connectivity index (χ4n) is 1.17. The first kappa shape index (κ1) is 9.60. The molecule has 0 aliphatic carbocycles. The average molecular weight is 222 g/mol. The van der Waals surface area contributed by atoms with E-state index in [2.05, 4.69) is 4.98 Å². The van der Waals surface area contributed by atoms with Crippen LogP contribution < -0.4 is 0 Å². The molecule has 0 atom stereocenters. The molecule has 0 unspecified atom stereocenters. The summed E-state index contributed by atoms with van der Waals surface area (Å²) in [4.78, 5) is 13.0. The highest BCUT2D eigenvalue weighted by Gasteiger charge is 2.06. The molecule has 0 fully saturated rings. The molecule has 0 aliphatic rings. The number of rotatable bonds is 2. The number of oxazole rings is 1. The first-order valence-electron chi connectivity index (χ1n) is 4.10. The second-order valence-electron chi connectivity index (χ2n) is 2.85. The molecular formula is C9H6N2O3S. The summed E-state index contributed by atoms with van der Waals surface area (Å²) < 4.78 is 5.16. The van der Waals surface area contributed by atoms with Gasteiger partial charge in [0, 0.05) is 23.9 Å². The van der Waals surface area contributed by atoms with Crippen molar-refractivity contribution in [3.63, 3.8) is 0 Å². The molecule has 1 N–H and O–H groups in total. The Morgan fingerprint density at radius 1 is 1.33 bits per heavy atom. The third-order valence-electron chi connectivity index (χ3n) is 1.89. The van der Waals surface area contributed by atoms with Crippen LogP contribution in [0.5, 0.6) is 0 Å². The average Bonchev–Trinajstić information content (AvgIpc) is 2.65. The minimum atomic E-state index is -0.448. The second-order valence-corrected chi connectivity index (χ2v) is 3.22. The molecule has 0 spiro atoms. The fraction of sp³-hybridized carbons (Fsp3) is 0. The Labute approximate surface area is 89.5 Å². The minimum Gasteiger partial charge on any atom is -0.429 e. The van der Waals surface area contributed by atoms with Crippen LogP contribution in [-0.2, 0) is 0 Å². The van der Waals surface area contributed by atoms with Gasteiger partial charge < -0.3 is 9.40 Å². The van der Waals surface area contributed by atoms with Crippen LogP contribution >= 0.6 is 12.2 Å². The Morgan fingerprint density at radius 2 is 2.00 bits per heavy atom. The molecule has 1 aromatic heterocycles. The van der Waals surface area contributed by atoms with Gasteiger partial charge in [0.2, 0.25) is 0 Å². The van der Waals surface area contributed by atoms with Crippen LogP contribution in [0.3, 0.4) is 0 Å². The van der Waals surface area contributed by atoms with Crippen LogP contribution in [0.4, 0.5) is 5.69 Å². The molecule has 1 aromatic carbocycles. The number of aromatic nitrogens is 1. The first-order valence-corrected chi connectivity index (χ1v) is 4.51. The van der Waals surface area contributed by atoms with Crippen molar-refractivity contribution in [2.45, 2.75) is 0 Å². The van der Waals surface area contributed by atoms with Crippen LogP contribution in [0.2, 0.25) is 0 Å². The van der Waals surface area contributed by atoms with E-state index >= 15 is 0 Å². The number of nitrogens with one attached hydrogen (secondary N) is 1. The second kappa shape index (κ2) is 3.66. The lowest BCUT2D eigenvalue weighted by Crippen LogP contribution is -1.86. The molecular weight excluding hydrogens is 216 g/mol. The lowest BCUT2D eigenvalue weighted by atomic mass is 10.2. The van der Waals surface area contributed by atoms with E-state index in [-0.39, 0.29) is 10.5 Å². The first-order chi connectivity index (χ1) is 7.16. The minimum absolute atomic E-state index is 0.0490. The van der Waals surface area contributed by atoms with Crippen LogP contribution in [0.15, 0.2) is 34.9 Å². The van der Waals surface area contributed by atoms with E-state index in [0.29, 0.717) is 5.76 Å². The van der Waals surface area contributed by atoms with Crippen LogP contribution in [0.1, 0.15) is 0 Å². The van der Waals surface area contributed by atoms with Crippen molar-refractivity contribution in [2.24, 2.45) is 0 Å². The SMILES string of the molecule is O=[N+]([O-])c1ccc(-c2c[nH]c(=S)o2)cc1. The number of aromatic amines is 1. The highest BCUT2D eigenvalue weighted by Crippen LogP contribution is 2.21. The van der Waals surface area contributed by atoms with Crippen LogP contribution in [0, 0.1) is 15.0 Å². The van der Waals surface area contributed by atoms with E-state index in [4.69, 9.17) is 16.6 Å². The highest BCUT2D eigenvalue weighted by molar-refractivity contribution is 7.71. The number of nitrogens with zero attached hydrogens (tertiary/aromatic N) is 1. The molecule has 0 saturated carbocycles. The zero-order valence-electron chi connectivity index (χ0n) is 7.47. The number of nitro benzene ring substituents is 1. The summed E-state index contributed by atoms with van der Waals surface area (Å²) in [7, 11) is 0. The van der Waals surface area contributed by atoms with Crippen LogP contribution in [0.25, 0.3) is 11.3 Å². The summed E-state index contributed by atoms with van der Waals surface area (Å²) in [6, 6.07) is 6.06. The van der Waals surface area contributed by atoms with Crippen molar-refractivity contribution >= 4 is 17.9 Å². The van der Waals surface area contributed by atoms with Gasteiger partial charge in [0.25, 0.3) is 10.5 Å². The molecule has 2 rings (SSSR count). The quantitative estimate of drug-likeness (QED) is 0.481. The Hall–Kier alpha value is -1.95. The number of H-pyrrole nitrogens is 1. The maximum atomic E-state index is 10.4. The Bertz CT molecular complexity index is 541. The van der Waals surface area contributed by atoms with Gasteiger partial charge >= 0.3 is 0 Å². The third kappa shape index (κ3) is 1.94. The fourth-order valence-corrected chi connectivity index (χ4v) is 1.32. The molecule has 76 valence electrons. The number of hydrogen-bond acceptors (Lipinski definition) is 4. The van der Waals surface area contributed by atoms with Gasteiger partial charge in [-0.05, 0) is 24.4 Å². The van der Waals surface area contributed by atoms with Crippen molar-refractivity contribution in [1.82, 2.24) is 4.98 Å². The molecule has 1 heterocycles. The van der Waals surface area contributed by atoms with Crippen molar-refractivity contribution in [1.29, 1.82) is 0 Å². The Kier molecular flexibility index (Phi) is 2.34. The zero-order valence-corrected chi connectivity index (χ0v) is 8.28. The summed E-state index contributed by atoms with van der Waals surface area (Å²) >= 11 is 4.77. The monoisotopic (exact) mass is 222 g/mol. The maximum Gasteiger partial charge on any atom is 0.269 e. The highest BCUT2D eigenvalue weighted by atomic mass is 32.1. The van der Waals surface area contributed by atoms with E-state index in [9.17, 15) is 10.1 Å². The van der Waals surface area contributed by atoms with Crippen LogP contribution in [-0.4, -0.2) is 9.91 Å². The van der Waals surface area contributed by atoms with Gasteiger partial charge in [0.15, 0.2) is 5.76 Å². The largest absolute Gasteiger partial charge is 0.429 e. The normalized spacial score (nSPS) is 10.1. The van der Waals surface area contributed by atoms with E-state index in [1.54, 1.807) is 18.3 Å². The van der Waals surface area contributed by atoms with E-state index in [0.717, 1.165) is 5.56 Å². The van der Waals surface area contributed by atoms with Crippen molar-refractivity contribution in [2.75, 3.05) is 0 Å². The zero-order chi connectivity index (χ0) is 10.8. The van der Waals surface area contributed by atoms with Crippen molar-refractivity contribution < 1.29 is 9.34 Å². The summed E-state index contributed by atoms with van der Waals surface area (Å²) in [6.07, 6.45) is 1.61. The topological polar surface area (TPSA) is 72.1 Å². The van der Waals surface area contributed by atoms with Gasteiger partial charge in [-0.15, -0.1) is 0 Å².